The molecule has 19 heavy (non-hydrogen) atoms. The van der Waals surface area contributed by atoms with Crippen LogP contribution in [-0.4, -0.2) is 36.1 Å². The van der Waals surface area contributed by atoms with E-state index in [0.717, 1.165) is 18.1 Å². The predicted molar refractivity (Wildman–Crippen MR) is 83.6 cm³/mol. The summed E-state index contributed by atoms with van der Waals surface area (Å²) in [5, 5.41) is 3.67. The van der Waals surface area contributed by atoms with Crippen LogP contribution in [0.4, 0.5) is 0 Å². The van der Waals surface area contributed by atoms with Crippen LogP contribution in [0.5, 0.6) is 0 Å². The summed E-state index contributed by atoms with van der Waals surface area (Å²) in [6, 6.07) is 2.51. The van der Waals surface area contributed by atoms with Crippen molar-refractivity contribution in [2.75, 3.05) is 13.1 Å². The molecule has 2 atom stereocenters. The Labute approximate surface area is 120 Å². The Morgan fingerprint density at radius 2 is 1.89 bits per heavy atom. The molecule has 2 aliphatic rings. The average molecular weight is 266 g/mol. The highest BCUT2D eigenvalue weighted by Crippen LogP contribution is 2.30. The maximum atomic E-state index is 3.67. The van der Waals surface area contributed by atoms with Crippen molar-refractivity contribution >= 4 is 0 Å². The van der Waals surface area contributed by atoms with Crippen molar-refractivity contribution in [2.45, 2.75) is 96.2 Å². The van der Waals surface area contributed by atoms with Crippen LogP contribution in [0.15, 0.2) is 0 Å². The number of nitrogens with zero attached hydrogens (tertiary/aromatic N) is 1. The van der Waals surface area contributed by atoms with Crippen molar-refractivity contribution in [1.82, 2.24) is 10.2 Å². The Kier molecular flexibility index (Phi) is 6.66. The zero-order chi connectivity index (χ0) is 13.5. The van der Waals surface area contributed by atoms with Crippen LogP contribution in [-0.2, 0) is 0 Å². The van der Waals surface area contributed by atoms with Crippen LogP contribution < -0.4 is 5.32 Å². The molecular weight excluding hydrogens is 232 g/mol. The fourth-order valence-corrected chi connectivity index (χ4v) is 3.47. The molecule has 2 heteroatoms. The molecule has 1 saturated carbocycles. The highest BCUT2D eigenvalue weighted by Gasteiger charge is 2.33. The average Bonchev–Trinajstić information content (AvgIpc) is 3.12. The molecule has 0 amide bonds. The predicted octanol–water partition coefficient (Wildman–Crippen LogP) is 3.95. The Balaban J connectivity index is 1.65. The first-order valence-electron chi connectivity index (χ1n) is 8.80. The number of hydrogen-bond donors (Lipinski definition) is 1. The summed E-state index contributed by atoms with van der Waals surface area (Å²) in [5.41, 5.74) is 0. The van der Waals surface area contributed by atoms with E-state index in [0.29, 0.717) is 0 Å². The summed E-state index contributed by atoms with van der Waals surface area (Å²) < 4.78 is 0. The third-order valence-corrected chi connectivity index (χ3v) is 4.90. The normalized spacial score (nSPS) is 25.1. The molecule has 2 rings (SSSR count). The largest absolute Gasteiger partial charge is 0.313 e. The molecule has 1 heterocycles. The van der Waals surface area contributed by atoms with Crippen molar-refractivity contribution < 1.29 is 0 Å². The molecule has 1 aliphatic heterocycles. The van der Waals surface area contributed by atoms with Gasteiger partial charge in [-0.15, -0.1) is 0 Å². The highest BCUT2D eigenvalue weighted by atomic mass is 15.2. The van der Waals surface area contributed by atoms with Crippen molar-refractivity contribution in [3.8, 4) is 0 Å². The van der Waals surface area contributed by atoms with Gasteiger partial charge in [-0.1, -0.05) is 39.0 Å². The molecule has 2 unspecified atom stereocenters. The van der Waals surface area contributed by atoms with E-state index in [2.05, 4.69) is 24.1 Å². The Morgan fingerprint density at radius 1 is 1.11 bits per heavy atom. The second-order valence-corrected chi connectivity index (χ2v) is 6.77. The summed E-state index contributed by atoms with van der Waals surface area (Å²) in [6.07, 6.45) is 14.2. The van der Waals surface area contributed by atoms with E-state index in [4.69, 9.17) is 0 Å². The van der Waals surface area contributed by atoms with E-state index in [1.165, 1.54) is 77.3 Å². The first-order valence-corrected chi connectivity index (χ1v) is 8.80. The van der Waals surface area contributed by atoms with Crippen molar-refractivity contribution in [2.24, 2.45) is 0 Å². The van der Waals surface area contributed by atoms with Crippen molar-refractivity contribution in [3.05, 3.63) is 0 Å². The maximum absolute atomic E-state index is 3.67. The second kappa shape index (κ2) is 8.26. The number of rotatable bonds is 10. The molecule has 0 bridgehead atoms. The molecular formula is C17H34N2. The lowest BCUT2D eigenvalue weighted by Gasteiger charge is -2.31. The van der Waals surface area contributed by atoms with Gasteiger partial charge in [-0.2, -0.15) is 0 Å². The van der Waals surface area contributed by atoms with Gasteiger partial charge in [0.2, 0.25) is 0 Å². The zero-order valence-electron chi connectivity index (χ0n) is 13.2. The van der Waals surface area contributed by atoms with Gasteiger partial charge in [-0.3, -0.25) is 4.90 Å². The van der Waals surface area contributed by atoms with Gasteiger partial charge in [0.15, 0.2) is 0 Å². The second-order valence-electron chi connectivity index (χ2n) is 6.77. The zero-order valence-corrected chi connectivity index (χ0v) is 13.2. The van der Waals surface area contributed by atoms with Gasteiger partial charge in [0.25, 0.3) is 0 Å². The molecule has 1 saturated heterocycles. The molecule has 2 fully saturated rings. The molecule has 0 spiro atoms. The van der Waals surface area contributed by atoms with Crippen LogP contribution in [0.1, 0.15) is 78.1 Å². The number of nitrogens with one attached hydrogen (secondary N) is 1. The van der Waals surface area contributed by atoms with E-state index in [-0.39, 0.29) is 0 Å². The lowest BCUT2D eigenvalue weighted by atomic mass is 10.1. The molecule has 112 valence electrons. The highest BCUT2D eigenvalue weighted by molar-refractivity contribution is 4.90. The third kappa shape index (κ3) is 5.43. The SMILES string of the molecule is CCCCCCCC(C)N(CC1CCCN1)C1CC1. The molecule has 0 aromatic heterocycles. The molecule has 0 radical (unpaired) electrons. The number of unbranched alkanes of at least 4 members (excludes halogenated alkanes) is 4. The Hall–Kier alpha value is -0.0800. The quantitative estimate of drug-likeness (QED) is 0.602. The fraction of sp³-hybridized carbons (Fsp3) is 1.00. The minimum Gasteiger partial charge on any atom is -0.313 e. The van der Waals surface area contributed by atoms with E-state index in [1.54, 1.807) is 0 Å². The third-order valence-electron chi connectivity index (χ3n) is 4.90. The van der Waals surface area contributed by atoms with Gasteiger partial charge in [0, 0.05) is 24.7 Å². The standard InChI is InChI=1S/C17H34N2/c1-3-4-5-6-7-9-15(2)19(17-11-12-17)14-16-10-8-13-18-16/h15-18H,3-14H2,1-2H3. The Bertz CT molecular complexity index is 231. The smallest absolute Gasteiger partial charge is 0.0195 e. The summed E-state index contributed by atoms with van der Waals surface area (Å²) in [5.74, 6) is 0. The number of hydrogen-bond acceptors (Lipinski definition) is 2. The summed E-state index contributed by atoms with van der Waals surface area (Å²) in [7, 11) is 0. The van der Waals surface area contributed by atoms with Crippen LogP contribution in [0.3, 0.4) is 0 Å². The van der Waals surface area contributed by atoms with Crippen LogP contribution in [0.2, 0.25) is 0 Å². The molecule has 2 nitrogen and oxygen atoms in total. The van der Waals surface area contributed by atoms with E-state index >= 15 is 0 Å². The Morgan fingerprint density at radius 3 is 2.53 bits per heavy atom. The van der Waals surface area contributed by atoms with E-state index in [9.17, 15) is 0 Å². The molecule has 1 N–H and O–H groups in total. The topological polar surface area (TPSA) is 15.3 Å². The minimum absolute atomic E-state index is 0.781. The van der Waals surface area contributed by atoms with Crippen LogP contribution in [0, 0.1) is 0 Å². The lowest BCUT2D eigenvalue weighted by Crippen LogP contribution is -2.43. The van der Waals surface area contributed by atoms with E-state index < -0.39 is 0 Å². The minimum atomic E-state index is 0.781. The van der Waals surface area contributed by atoms with Gasteiger partial charge in [0.1, 0.15) is 0 Å². The van der Waals surface area contributed by atoms with Gasteiger partial charge in [-0.05, 0) is 45.6 Å². The summed E-state index contributed by atoms with van der Waals surface area (Å²) in [6.45, 7) is 7.31. The first kappa shape index (κ1) is 15.3. The lowest BCUT2D eigenvalue weighted by molar-refractivity contribution is 0.170. The fourth-order valence-electron chi connectivity index (χ4n) is 3.47. The van der Waals surface area contributed by atoms with Crippen LogP contribution >= 0.6 is 0 Å². The van der Waals surface area contributed by atoms with Crippen molar-refractivity contribution in [1.29, 1.82) is 0 Å². The van der Waals surface area contributed by atoms with Crippen molar-refractivity contribution in [3.63, 3.8) is 0 Å². The maximum Gasteiger partial charge on any atom is 0.0195 e. The summed E-state index contributed by atoms with van der Waals surface area (Å²) >= 11 is 0. The summed E-state index contributed by atoms with van der Waals surface area (Å²) in [4.78, 5) is 2.82. The van der Waals surface area contributed by atoms with Gasteiger partial charge in [0.05, 0.1) is 0 Å². The van der Waals surface area contributed by atoms with E-state index in [1.807, 2.05) is 0 Å². The first-order chi connectivity index (χ1) is 9.31. The monoisotopic (exact) mass is 266 g/mol. The van der Waals surface area contributed by atoms with Gasteiger partial charge < -0.3 is 5.32 Å². The molecule has 0 aromatic rings. The van der Waals surface area contributed by atoms with Crippen LogP contribution in [0.25, 0.3) is 0 Å². The molecule has 0 aromatic carbocycles. The van der Waals surface area contributed by atoms with Gasteiger partial charge >= 0.3 is 0 Å². The molecule has 1 aliphatic carbocycles. The van der Waals surface area contributed by atoms with Gasteiger partial charge in [-0.25, -0.2) is 0 Å².